The average molecular weight is 975 g/mol. The SMILES string of the molecule is Cc1cc(-c2[c-]ccc3c2oc2cc(-c4ccccc4)ccc23)ncc1-c1ccccc1.Cc1cc(-c2cc(CC(C)C)c([Si](C)(C)C)cn2)[c-]cc1-c1ccccc1.[Ir]. The molecule has 0 bridgehead atoms. The molecule has 0 aliphatic heterocycles. The van der Waals surface area contributed by atoms with Gasteiger partial charge in [-0.2, -0.15) is 0 Å². The molecule has 3 nitrogen and oxygen atoms in total. The summed E-state index contributed by atoms with van der Waals surface area (Å²) >= 11 is 0. The number of pyridine rings is 2. The summed E-state index contributed by atoms with van der Waals surface area (Å²) in [6.45, 7) is 16.1. The first-order valence-electron chi connectivity index (χ1n) is 20.6. The van der Waals surface area contributed by atoms with Gasteiger partial charge in [0.25, 0.3) is 0 Å². The maximum absolute atomic E-state index is 6.38. The second-order valence-electron chi connectivity index (χ2n) is 16.9. The third-order valence-corrected chi connectivity index (χ3v) is 13.0. The van der Waals surface area contributed by atoms with E-state index in [9.17, 15) is 0 Å². The van der Waals surface area contributed by atoms with Crippen molar-refractivity contribution >= 4 is 35.2 Å². The number of hydrogen-bond acceptors (Lipinski definition) is 3. The first kappa shape index (κ1) is 42.4. The topological polar surface area (TPSA) is 38.9 Å². The maximum Gasteiger partial charge on any atom is 0.121 e. The molecule has 3 heterocycles. The Morgan fingerprint density at radius 2 is 1.22 bits per heavy atom. The van der Waals surface area contributed by atoms with Gasteiger partial charge in [0, 0.05) is 43.4 Å². The smallest absolute Gasteiger partial charge is 0.121 e. The van der Waals surface area contributed by atoms with Crippen molar-refractivity contribution in [2.24, 2.45) is 5.92 Å². The molecule has 301 valence electrons. The normalized spacial score (nSPS) is 11.3. The van der Waals surface area contributed by atoms with Crippen molar-refractivity contribution < 1.29 is 24.5 Å². The molecule has 60 heavy (non-hydrogen) atoms. The van der Waals surface area contributed by atoms with Crippen molar-refractivity contribution in [3.63, 3.8) is 0 Å². The van der Waals surface area contributed by atoms with Gasteiger partial charge in [0.05, 0.1) is 13.7 Å². The van der Waals surface area contributed by atoms with E-state index in [4.69, 9.17) is 14.4 Å². The van der Waals surface area contributed by atoms with E-state index in [0.717, 1.165) is 62.0 Å². The van der Waals surface area contributed by atoms with E-state index in [0.29, 0.717) is 5.92 Å². The van der Waals surface area contributed by atoms with Crippen LogP contribution in [0.4, 0.5) is 0 Å². The summed E-state index contributed by atoms with van der Waals surface area (Å²) in [6, 6.07) is 57.3. The van der Waals surface area contributed by atoms with Crippen LogP contribution < -0.4 is 5.19 Å². The summed E-state index contributed by atoms with van der Waals surface area (Å²) in [7, 11) is -1.41. The maximum atomic E-state index is 6.38. The molecule has 0 saturated heterocycles. The Morgan fingerprint density at radius 1 is 0.600 bits per heavy atom. The molecule has 9 rings (SSSR count). The number of fused-ring (bicyclic) bond motifs is 3. The fourth-order valence-corrected chi connectivity index (χ4v) is 9.55. The van der Waals surface area contributed by atoms with Gasteiger partial charge in [-0.25, -0.2) is 0 Å². The first-order chi connectivity index (χ1) is 28.5. The predicted octanol–water partition coefficient (Wildman–Crippen LogP) is 14.4. The van der Waals surface area contributed by atoms with Gasteiger partial charge in [-0.3, -0.25) is 0 Å². The fraction of sp³-hybridized carbons (Fsp3) is 0.164. The van der Waals surface area contributed by atoms with Gasteiger partial charge in [-0.05, 0) is 64.2 Å². The van der Waals surface area contributed by atoms with E-state index in [1.165, 1.54) is 44.1 Å². The number of hydrogen-bond donors (Lipinski definition) is 0. The summed E-state index contributed by atoms with van der Waals surface area (Å²) in [5.74, 6) is 0.640. The molecule has 0 spiro atoms. The van der Waals surface area contributed by atoms with Crippen LogP contribution in [-0.4, -0.2) is 18.0 Å². The van der Waals surface area contributed by atoms with Crippen LogP contribution in [0.2, 0.25) is 19.6 Å². The number of furan rings is 1. The van der Waals surface area contributed by atoms with E-state index < -0.39 is 8.07 Å². The molecule has 0 fully saturated rings. The monoisotopic (exact) mass is 975 g/mol. The number of benzene rings is 6. The zero-order valence-corrected chi connectivity index (χ0v) is 38.8. The second-order valence-corrected chi connectivity index (χ2v) is 21.9. The van der Waals surface area contributed by atoms with E-state index in [1.54, 1.807) is 0 Å². The van der Waals surface area contributed by atoms with Crippen LogP contribution in [0.25, 0.3) is 77.8 Å². The molecule has 9 aromatic rings. The molecule has 0 N–H and O–H groups in total. The number of aryl methyl sites for hydroxylation is 2. The van der Waals surface area contributed by atoms with Crippen molar-refractivity contribution in [2.75, 3.05) is 0 Å². The summed E-state index contributed by atoms with van der Waals surface area (Å²) in [6.07, 6.45) is 5.19. The molecule has 0 unspecified atom stereocenters. The average Bonchev–Trinajstić information content (AvgIpc) is 3.62. The van der Waals surface area contributed by atoms with Crippen LogP contribution in [0.5, 0.6) is 0 Å². The Hall–Kier alpha value is -5.71. The molecule has 3 aromatic heterocycles. The third-order valence-electron chi connectivity index (χ3n) is 10.9. The molecule has 0 aliphatic rings. The molecule has 6 aromatic carbocycles. The third kappa shape index (κ3) is 9.20. The number of nitrogens with zero attached hydrogens (tertiary/aromatic N) is 2. The zero-order chi connectivity index (χ0) is 41.1. The first-order valence-corrected chi connectivity index (χ1v) is 24.1. The van der Waals surface area contributed by atoms with Gasteiger partial charge in [0.1, 0.15) is 5.58 Å². The van der Waals surface area contributed by atoms with Crippen LogP contribution in [-0.2, 0) is 26.5 Å². The van der Waals surface area contributed by atoms with Gasteiger partial charge in [-0.15, -0.1) is 47.5 Å². The van der Waals surface area contributed by atoms with E-state index in [1.807, 2.05) is 24.4 Å². The van der Waals surface area contributed by atoms with E-state index >= 15 is 0 Å². The van der Waals surface area contributed by atoms with E-state index in [-0.39, 0.29) is 20.1 Å². The van der Waals surface area contributed by atoms with Gasteiger partial charge in [-0.1, -0.05) is 183 Å². The number of aromatic nitrogens is 2. The van der Waals surface area contributed by atoms with Crippen molar-refractivity contribution in [3.8, 4) is 55.9 Å². The molecule has 0 aliphatic carbocycles. The largest absolute Gasteiger partial charge is 0.501 e. The van der Waals surface area contributed by atoms with Crippen molar-refractivity contribution in [1.82, 2.24) is 9.97 Å². The Bertz CT molecular complexity index is 2880. The van der Waals surface area contributed by atoms with Gasteiger partial charge >= 0.3 is 0 Å². The Morgan fingerprint density at radius 3 is 1.83 bits per heavy atom. The minimum Gasteiger partial charge on any atom is -0.501 e. The van der Waals surface area contributed by atoms with Crippen LogP contribution in [0, 0.1) is 31.9 Å². The predicted molar refractivity (Wildman–Crippen MR) is 252 cm³/mol. The molecule has 1 radical (unpaired) electrons. The minimum absolute atomic E-state index is 0. The van der Waals surface area contributed by atoms with Crippen molar-refractivity contribution in [1.29, 1.82) is 0 Å². The van der Waals surface area contributed by atoms with E-state index in [2.05, 4.69) is 193 Å². The van der Waals surface area contributed by atoms with Crippen molar-refractivity contribution in [2.45, 2.75) is 53.8 Å². The molecule has 5 heteroatoms. The molecule has 0 atom stereocenters. The zero-order valence-electron chi connectivity index (χ0n) is 35.4. The van der Waals surface area contributed by atoms with Gasteiger partial charge in [0.15, 0.2) is 0 Å². The molecule has 0 amide bonds. The summed E-state index contributed by atoms with van der Waals surface area (Å²) in [5, 5.41) is 3.67. The summed E-state index contributed by atoms with van der Waals surface area (Å²) < 4.78 is 6.38. The van der Waals surface area contributed by atoms with Gasteiger partial charge < -0.3 is 14.4 Å². The second kappa shape index (κ2) is 18.3. The van der Waals surface area contributed by atoms with Crippen molar-refractivity contribution in [3.05, 3.63) is 187 Å². The van der Waals surface area contributed by atoms with Crippen LogP contribution in [0.3, 0.4) is 0 Å². The Kier molecular flexibility index (Phi) is 12.9. The van der Waals surface area contributed by atoms with Crippen LogP contribution >= 0.6 is 0 Å². The van der Waals surface area contributed by atoms with Crippen LogP contribution in [0.1, 0.15) is 30.5 Å². The fourth-order valence-electron chi connectivity index (χ4n) is 7.96. The van der Waals surface area contributed by atoms with Crippen LogP contribution in [0.15, 0.2) is 162 Å². The molecule has 0 saturated carbocycles. The molecular weight excluding hydrogens is 925 g/mol. The Labute approximate surface area is 370 Å². The minimum atomic E-state index is -1.41. The van der Waals surface area contributed by atoms with Gasteiger partial charge in [0.2, 0.25) is 0 Å². The Balaban J connectivity index is 0.000000182. The number of rotatable bonds is 8. The summed E-state index contributed by atoms with van der Waals surface area (Å²) in [4.78, 5) is 9.61. The quantitative estimate of drug-likeness (QED) is 0.112. The molecular formula is C55H50IrN2OSi-2. The standard InChI is InChI=1S/C30H20NO.C25H30NSi.Ir/c1-20-17-28(31-19-27(20)22-11-6-3-7-12-22)26-14-8-13-25-24-16-15-23(18-29(24)32-30(25)26)21-9-4-2-5-10-21;1-18(2)14-22-16-24(26-17-25(22)27(4,5)6)21-12-13-23(19(3)15-21)20-10-8-7-9-11-20;/h2-13,15-19H,1H3;7-11,13,15-18H,14H2,1-6H3;/q2*-1;. The summed E-state index contributed by atoms with van der Waals surface area (Å²) in [5.41, 5.74) is 16.6.